The second-order valence-electron chi connectivity index (χ2n) is 4.55. The lowest BCUT2D eigenvalue weighted by Crippen LogP contribution is -2.31. The fourth-order valence-electron chi connectivity index (χ4n) is 2.05. The normalized spacial score (nSPS) is 16.7. The highest BCUT2D eigenvalue weighted by Gasteiger charge is 2.18. The van der Waals surface area contributed by atoms with Crippen LogP contribution in [0.3, 0.4) is 0 Å². The van der Waals surface area contributed by atoms with Gasteiger partial charge in [-0.05, 0) is 37.2 Å². The summed E-state index contributed by atoms with van der Waals surface area (Å²) in [6.07, 6.45) is 4.07. The number of nitrogen functional groups attached to an aromatic ring is 1. The van der Waals surface area contributed by atoms with Crippen LogP contribution in [0.2, 0.25) is 0 Å². The molecule has 2 rings (SSSR count). The first-order valence-corrected chi connectivity index (χ1v) is 7.55. The third kappa shape index (κ3) is 3.19. The Morgan fingerprint density at radius 1 is 1.61 bits per heavy atom. The lowest BCUT2D eigenvalue weighted by molar-refractivity contribution is 0.0941. The van der Waals surface area contributed by atoms with E-state index in [1.54, 1.807) is 10.9 Å². The number of aryl methyl sites for hydroxylation is 1. The smallest absolute Gasteiger partial charge is 0.273 e. The molecule has 1 aromatic rings. The van der Waals surface area contributed by atoms with Gasteiger partial charge in [0.05, 0.1) is 5.69 Å². The van der Waals surface area contributed by atoms with Crippen LogP contribution in [0.5, 0.6) is 0 Å². The Labute approximate surface area is 111 Å². The van der Waals surface area contributed by atoms with Gasteiger partial charge in [0.25, 0.3) is 5.91 Å². The van der Waals surface area contributed by atoms with Gasteiger partial charge in [0.2, 0.25) is 0 Å². The first kappa shape index (κ1) is 13.3. The van der Waals surface area contributed by atoms with Crippen molar-refractivity contribution >= 4 is 23.4 Å². The Kier molecular flexibility index (Phi) is 4.52. The molecular formula is C12H20N4OS. The molecule has 5 nitrogen and oxygen atoms in total. The molecule has 1 aliphatic heterocycles. The Morgan fingerprint density at radius 3 is 2.94 bits per heavy atom. The van der Waals surface area contributed by atoms with Gasteiger partial charge in [-0.3, -0.25) is 9.48 Å². The monoisotopic (exact) mass is 268 g/mol. The summed E-state index contributed by atoms with van der Waals surface area (Å²) >= 11 is 1.99. The van der Waals surface area contributed by atoms with Crippen molar-refractivity contribution in [3.8, 4) is 0 Å². The molecule has 0 saturated carbocycles. The topological polar surface area (TPSA) is 72.9 Å². The molecule has 1 aliphatic rings. The maximum atomic E-state index is 12.0. The van der Waals surface area contributed by atoms with Crippen molar-refractivity contribution in [2.45, 2.75) is 26.3 Å². The van der Waals surface area contributed by atoms with Gasteiger partial charge in [-0.1, -0.05) is 0 Å². The summed E-state index contributed by atoms with van der Waals surface area (Å²) in [6, 6.07) is 0. The fraction of sp³-hybridized carbons (Fsp3) is 0.667. The summed E-state index contributed by atoms with van der Waals surface area (Å²) in [4.78, 5) is 12.0. The lowest BCUT2D eigenvalue weighted by Gasteiger charge is -2.21. The number of nitrogens with two attached hydrogens (primary N) is 1. The van der Waals surface area contributed by atoms with Crippen LogP contribution in [0, 0.1) is 5.92 Å². The van der Waals surface area contributed by atoms with Gasteiger partial charge in [0.1, 0.15) is 0 Å². The summed E-state index contributed by atoms with van der Waals surface area (Å²) in [5, 5.41) is 7.11. The van der Waals surface area contributed by atoms with Crippen LogP contribution in [0.15, 0.2) is 6.20 Å². The molecule has 0 unspecified atom stereocenters. The number of nitrogens with zero attached hydrogens (tertiary/aromatic N) is 2. The number of hydrogen-bond acceptors (Lipinski definition) is 4. The van der Waals surface area contributed by atoms with E-state index in [0.717, 1.165) is 13.1 Å². The first-order chi connectivity index (χ1) is 8.70. The predicted octanol–water partition coefficient (Wildman–Crippen LogP) is 1.36. The molecule has 0 spiro atoms. The van der Waals surface area contributed by atoms with Crippen molar-refractivity contribution < 1.29 is 4.79 Å². The summed E-state index contributed by atoms with van der Waals surface area (Å²) in [7, 11) is 0. The molecule has 0 radical (unpaired) electrons. The van der Waals surface area contributed by atoms with Crippen LogP contribution in [-0.2, 0) is 6.54 Å². The van der Waals surface area contributed by atoms with Crippen molar-refractivity contribution in [2.75, 3.05) is 23.8 Å². The molecule has 3 N–H and O–H groups in total. The van der Waals surface area contributed by atoms with E-state index < -0.39 is 0 Å². The van der Waals surface area contributed by atoms with E-state index in [-0.39, 0.29) is 5.91 Å². The number of amides is 1. The Bertz CT molecular complexity index is 412. The highest BCUT2D eigenvalue weighted by atomic mass is 32.2. The molecule has 0 bridgehead atoms. The third-order valence-electron chi connectivity index (χ3n) is 3.22. The summed E-state index contributed by atoms with van der Waals surface area (Å²) in [6.45, 7) is 3.42. The zero-order valence-electron chi connectivity index (χ0n) is 10.7. The van der Waals surface area contributed by atoms with Gasteiger partial charge < -0.3 is 11.1 Å². The summed E-state index contributed by atoms with van der Waals surface area (Å²) < 4.78 is 1.68. The average molecular weight is 268 g/mol. The van der Waals surface area contributed by atoms with Crippen molar-refractivity contribution in [3.05, 3.63) is 11.9 Å². The molecule has 1 fully saturated rings. The van der Waals surface area contributed by atoms with Crippen molar-refractivity contribution in [1.82, 2.24) is 15.1 Å². The molecule has 18 heavy (non-hydrogen) atoms. The number of nitrogens with one attached hydrogen (secondary N) is 1. The van der Waals surface area contributed by atoms with Gasteiger partial charge in [-0.25, -0.2) is 0 Å². The maximum absolute atomic E-state index is 12.0. The standard InChI is InChI=1S/C12H20N4OS/c1-2-16-8-10(13)11(15-16)12(17)14-7-9-3-5-18-6-4-9/h8-9H,2-7,13H2,1H3,(H,14,17). The number of thioether (sulfide) groups is 1. The van der Waals surface area contributed by atoms with E-state index in [1.165, 1.54) is 24.3 Å². The zero-order valence-corrected chi connectivity index (χ0v) is 11.5. The molecule has 0 aliphatic carbocycles. The van der Waals surface area contributed by atoms with Gasteiger partial charge in [-0.2, -0.15) is 16.9 Å². The number of carbonyl (C=O) groups excluding carboxylic acids is 1. The van der Waals surface area contributed by atoms with E-state index in [4.69, 9.17) is 5.73 Å². The highest BCUT2D eigenvalue weighted by molar-refractivity contribution is 7.99. The second kappa shape index (κ2) is 6.13. The van der Waals surface area contributed by atoms with Crippen molar-refractivity contribution in [3.63, 3.8) is 0 Å². The fourth-order valence-corrected chi connectivity index (χ4v) is 3.25. The third-order valence-corrected chi connectivity index (χ3v) is 4.27. The van der Waals surface area contributed by atoms with Crippen LogP contribution < -0.4 is 11.1 Å². The molecule has 100 valence electrons. The number of hydrogen-bond donors (Lipinski definition) is 2. The number of anilines is 1. The number of aromatic nitrogens is 2. The zero-order chi connectivity index (χ0) is 13.0. The van der Waals surface area contributed by atoms with E-state index in [9.17, 15) is 4.79 Å². The largest absolute Gasteiger partial charge is 0.396 e. The van der Waals surface area contributed by atoms with E-state index in [1.807, 2.05) is 18.7 Å². The molecule has 1 aromatic heterocycles. The van der Waals surface area contributed by atoms with E-state index in [2.05, 4.69) is 10.4 Å². The highest BCUT2D eigenvalue weighted by Crippen LogP contribution is 2.22. The molecule has 2 heterocycles. The molecular weight excluding hydrogens is 248 g/mol. The SMILES string of the molecule is CCn1cc(N)c(C(=O)NCC2CCSCC2)n1. The molecule has 1 saturated heterocycles. The minimum atomic E-state index is -0.155. The van der Waals surface area contributed by atoms with Gasteiger partial charge in [0, 0.05) is 19.3 Å². The Balaban J connectivity index is 1.88. The van der Waals surface area contributed by atoms with Crippen LogP contribution in [0.25, 0.3) is 0 Å². The van der Waals surface area contributed by atoms with Crippen molar-refractivity contribution in [1.29, 1.82) is 0 Å². The minimum absolute atomic E-state index is 0.155. The lowest BCUT2D eigenvalue weighted by atomic mass is 10.0. The summed E-state index contributed by atoms with van der Waals surface area (Å²) in [5.74, 6) is 2.85. The first-order valence-electron chi connectivity index (χ1n) is 6.39. The average Bonchev–Trinajstić information content (AvgIpc) is 2.78. The van der Waals surface area contributed by atoms with Crippen LogP contribution in [-0.4, -0.2) is 33.7 Å². The second-order valence-corrected chi connectivity index (χ2v) is 5.78. The van der Waals surface area contributed by atoms with Gasteiger partial charge in [0.15, 0.2) is 5.69 Å². The summed E-state index contributed by atoms with van der Waals surface area (Å²) in [5.41, 5.74) is 6.58. The molecule has 0 aromatic carbocycles. The minimum Gasteiger partial charge on any atom is -0.396 e. The number of carbonyl (C=O) groups is 1. The number of rotatable bonds is 4. The van der Waals surface area contributed by atoms with Crippen LogP contribution >= 0.6 is 11.8 Å². The molecule has 1 amide bonds. The Hall–Kier alpha value is -1.17. The maximum Gasteiger partial charge on any atom is 0.273 e. The van der Waals surface area contributed by atoms with E-state index >= 15 is 0 Å². The predicted molar refractivity (Wildman–Crippen MR) is 74.7 cm³/mol. The van der Waals surface area contributed by atoms with Gasteiger partial charge >= 0.3 is 0 Å². The van der Waals surface area contributed by atoms with E-state index in [0.29, 0.717) is 17.3 Å². The van der Waals surface area contributed by atoms with Crippen LogP contribution in [0.4, 0.5) is 5.69 Å². The molecule has 6 heteroatoms. The van der Waals surface area contributed by atoms with Gasteiger partial charge in [-0.15, -0.1) is 0 Å². The van der Waals surface area contributed by atoms with Crippen molar-refractivity contribution in [2.24, 2.45) is 5.92 Å². The van der Waals surface area contributed by atoms with Crippen LogP contribution in [0.1, 0.15) is 30.3 Å². The quantitative estimate of drug-likeness (QED) is 0.864. The molecule has 0 atom stereocenters. The Morgan fingerprint density at radius 2 is 2.33 bits per heavy atom.